The summed E-state index contributed by atoms with van der Waals surface area (Å²) in [7, 11) is 1.12. The predicted octanol–water partition coefficient (Wildman–Crippen LogP) is 4.43. The summed E-state index contributed by atoms with van der Waals surface area (Å²) in [5.74, 6) is -3.80. The molecule has 5 rings (SSSR count). The number of carbonyl (C=O) groups excluding carboxylic acids is 4. The van der Waals surface area contributed by atoms with Crippen LogP contribution in [0.2, 0.25) is 5.02 Å². The molecule has 0 unspecified atom stereocenters. The van der Waals surface area contributed by atoms with Crippen LogP contribution >= 0.6 is 11.6 Å². The molecule has 3 aromatic carbocycles. The van der Waals surface area contributed by atoms with Gasteiger partial charge in [-0.2, -0.15) is 28.1 Å². The van der Waals surface area contributed by atoms with Crippen LogP contribution in [0.1, 0.15) is 35.2 Å². The number of aromatic nitrogens is 3. The molecular weight excluding hydrogens is 725 g/mol. The lowest BCUT2D eigenvalue weighted by atomic mass is 10.1. The molecular formula is C34H32ClF3N8O7. The van der Waals surface area contributed by atoms with Crippen LogP contribution in [0.3, 0.4) is 0 Å². The van der Waals surface area contributed by atoms with E-state index in [4.69, 9.17) is 21.1 Å². The van der Waals surface area contributed by atoms with Gasteiger partial charge in [-0.1, -0.05) is 29.8 Å². The minimum atomic E-state index is -4.64. The molecule has 278 valence electrons. The zero-order chi connectivity index (χ0) is 38.2. The number of alkyl halides is 3. The molecule has 6 N–H and O–H groups in total. The molecule has 1 aliphatic rings. The summed E-state index contributed by atoms with van der Waals surface area (Å²) in [6, 6.07) is 16.7. The van der Waals surface area contributed by atoms with Gasteiger partial charge >= 0.3 is 30.0 Å². The van der Waals surface area contributed by atoms with Crippen LogP contribution in [0, 0.1) is 0 Å². The van der Waals surface area contributed by atoms with Crippen molar-refractivity contribution in [2.45, 2.75) is 37.0 Å². The third-order valence-corrected chi connectivity index (χ3v) is 7.95. The number of anilines is 4. The summed E-state index contributed by atoms with van der Waals surface area (Å²) in [5, 5.41) is 23.3. The third kappa shape index (κ3) is 10.9. The Morgan fingerprint density at radius 3 is 2.26 bits per heavy atom. The number of hydrogen-bond acceptors (Lipinski definition) is 12. The van der Waals surface area contributed by atoms with Gasteiger partial charge in [-0.15, -0.1) is 0 Å². The number of benzene rings is 3. The molecule has 15 nitrogen and oxygen atoms in total. The number of nitrogens with one attached hydrogen (secondary N) is 5. The Kier molecular flexibility index (Phi) is 11.8. The fourth-order valence-corrected chi connectivity index (χ4v) is 5.05. The number of phenolic OH excluding ortho intramolecular Hbond substituents is 1. The highest BCUT2D eigenvalue weighted by Crippen LogP contribution is 2.48. The highest BCUT2D eigenvalue weighted by molar-refractivity contribution is 6.39. The van der Waals surface area contributed by atoms with Crippen LogP contribution in [0.5, 0.6) is 11.8 Å². The summed E-state index contributed by atoms with van der Waals surface area (Å²) in [6.45, 7) is -1.82. The fraction of sp³-hybridized carbons (Fsp3) is 0.265. The minimum absolute atomic E-state index is 0.0368. The van der Waals surface area contributed by atoms with E-state index in [-0.39, 0.29) is 41.9 Å². The van der Waals surface area contributed by atoms with Gasteiger partial charge in [0.05, 0.1) is 12.6 Å². The lowest BCUT2D eigenvalue weighted by Crippen LogP contribution is -2.44. The Morgan fingerprint density at radius 1 is 0.925 bits per heavy atom. The van der Waals surface area contributed by atoms with Crippen LogP contribution in [0.25, 0.3) is 0 Å². The normalized spacial score (nSPS) is 13.5. The van der Waals surface area contributed by atoms with Crippen molar-refractivity contribution in [3.8, 4) is 11.8 Å². The van der Waals surface area contributed by atoms with E-state index in [0.717, 1.165) is 12.7 Å². The molecule has 1 fully saturated rings. The first-order valence-corrected chi connectivity index (χ1v) is 16.2. The number of methoxy groups -OCH3 is 1. The Hall–Kier alpha value is -6.17. The number of ether oxygens (including phenoxy) is 2. The largest absolute Gasteiger partial charge is 0.508 e. The summed E-state index contributed by atoms with van der Waals surface area (Å²) in [6.07, 6.45) is -3.36. The minimum Gasteiger partial charge on any atom is -0.508 e. The van der Waals surface area contributed by atoms with E-state index in [1.54, 1.807) is 12.1 Å². The van der Waals surface area contributed by atoms with Crippen LogP contribution in [-0.2, 0) is 24.7 Å². The molecule has 3 amide bonds. The standard InChI is InChI=1S/C34H32ClF3N8O7/c1-52-29(51)25(13-16-39-27(49)28(50)40-23-3-2-4-24(47)17-23)42-26(48)19-5-11-22(12-6-19)41-30-43-31(45-32(44-30)53-18-34(36,37)38)46-33(14-15-33)20-7-9-21(35)10-8-20/h2-12,17,25,47H,13-16,18H2,1H3,(H,39,49)(H,40,50)(H,42,48)(H2,41,43,44,45,46)/t25-/m0/s1. The summed E-state index contributed by atoms with van der Waals surface area (Å²) >= 11 is 6.02. The van der Waals surface area contributed by atoms with Gasteiger partial charge in [-0.05, 0) is 73.4 Å². The molecule has 1 aromatic heterocycles. The first-order valence-electron chi connectivity index (χ1n) is 15.9. The smallest absolute Gasteiger partial charge is 0.422 e. The fourth-order valence-electron chi connectivity index (χ4n) is 4.92. The first kappa shape index (κ1) is 38.1. The van der Waals surface area contributed by atoms with Crippen molar-refractivity contribution >= 4 is 58.6 Å². The van der Waals surface area contributed by atoms with E-state index in [9.17, 15) is 37.5 Å². The van der Waals surface area contributed by atoms with E-state index in [1.807, 2.05) is 12.1 Å². The number of rotatable bonds is 14. The van der Waals surface area contributed by atoms with Gasteiger partial charge in [0.1, 0.15) is 11.8 Å². The second-order valence-corrected chi connectivity index (χ2v) is 12.1. The number of esters is 1. The second kappa shape index (κ2) is 16.4. The highest BCUT2D eigenvalue weighted by Gasteiger charge is 2.45. The van der Waals surface area contributed by atoms with Crippen molar-refractivity contribution < 1.29 is 46.9 Å². The van der Waals surface area contributed by atoms with Gasteiger partial charge in [0.2, 0.25) is 11.9 Å². The van der Waals surface area contributed by atoms with Crippen LogP contribution in [-0.4, -0.2) is 76.2 Å². The molecule has 1 atom stereocenters. The van der Waals surface area contributed by atoms with E-state index < -0.39 is 54.1 Å². The number of amides is 3. The Bertz CT molecular complexity index is 1960. The Morgan fingerprint density at radius 2 is 1.62 bits per heavy atom. The molecule has 1 saturated carbocycles. The number of carbonyl (C=O) groups is 4. The van der Waals surface area contributed by atoms with Crippen LogP contribution < -0.4 is 31.3 Å². The quantitative estimate of drug-likeness (QED) is 0.0781. The van der Waals surface area contributed by atoms with Gasteiger partial charge < -0.3 is 41.2 Å². The van der Waals surface area contributed by atoms with Crippen molar-refractivity contribution in [1.82, 2.24) is 25.6 Å². The lowest BCUT2D eigenvalue weighted by Gasteiger charge is -2.19. The van der Waals surface area contributed by atoms with Crippen molar-refractivity contribution in [2.24, 2.45) is 0 Å². The molecule has 1 aliphatic carbocycles. The summed E-state index contributed by atoms with van der Waals surface area (Å²) in [4.78, 5) is 62.1. The van der Waals surface area contributed by atoms with Gasteiger partial charge in [0.15, 0.2) is 6.61 Å². The maximum atomic E-state index is 13.0. The average Bonchev–Trinajstić information content (AvgIpc) is 3.90. The van der Waals surface area contributed by atoms with Gasteiger partial charge in [0, 0.05) is 34.6 Å². The summed E-state index contributed by atoms with van der Waals surface area (Å²) < 4.78 is 48.4. The van der Waals surface area contributed by atoms with E-state index >= 15 is 0 Å². The van der Waals surface area contributed by atoms with Crippen molar-refractivity contribution in [2.75, 3.05) is 36.2 Å². The van der Waals surface area contributed by atoms with E-state index in [2.05, 4.69) is 41.5 Å². The number of hydrogen-bond donors (Lipinski definition) is 6. The zero-order valence-electron chi connectivity index (χ0n) is 27.8. The number of halogens is 4. The maximum absolute atomic E-state index is 13.0. The van der Waals surface area contributed by atoms with Crippen molar-refractivity contribution in [1.29, 1.82) is 0 Å². The van der Waals surface area contributed by atoms with E-state index in [1.165, 1.54) is 48.5 Å². The molecule has 19 heteroatoms. The topological polar surface area (TPSA) is 206 Å². The van der Waals surface area contributed by atoms with Gasteiger partial charge in [0.25, 0.3) is 5.91 Å². The third-order valence-electron chi connectivity index (χ3n) is 7.70. The highest BCUT2D eigenvalue weighted by atomic mass is 35.5. The van der Waals surface area contributed by atoms with Crippen molar-refractivity contribution in [3.05, 3.63) is 88.9 Å². The second-order valence-electron chi connectivity index (χ2n) is 11.7. The monoisotopic (exact) mass is 756 g/mol. The molecule has 4 aromatic rings. The first-order chi connectivity index (χ1) is 25.2. The zero-order valence-corrected chi connectivity index (χ0v) is 28.5. The molecule has 0 bridgehead atoms. The average molecular weight is 757 g/mol. The maximum Gasteiger partial charge on any atom is 0.422 e. The molecule has 0 saturated heterocycles. The predicted molar refractivity (Wildman–Crippen MR) is 185 cm³/mol. The lowest BCUT2D eigenvalue weighted by molar-refractivity contribution is -0.154. The number of nitrogens with zero attached hydrogens (tertiary/aromatic N) is 3. The number of phenols is 1. The molecule has 0 aliphatic heterocycles. The van der Waals surface area contributed by atoms with Gasteiger partial charge in [-0.3, -0.25) is 14.4 Å². The van der Waals surface area contributed by atoms with E-state index in [0.29, 0.717) is 23.6 Å². The van der Waals surface area contributed by atoms with Crippen LogP contribution in [0.15, 0.2) is 72.8 Å². The Balaban J connectivity index is 1.21. The molecule has 53 heavy (non-hydrogen) atoms. The Labute approximate surface area is 304 Å². The van der Waals surface area contributed by atoms with Crippen LogP contribution in [0.4, 0.5) is 36.4 Å². The summed E-state index contributed by atoms with van der Waals surface area (Å²) in [5.41, 5.74) is 0.977. The van der Waals surface area contributed by atoms with Crippen molar-refractivity contribution in [3.63, 3.8) is 0 Å². The molecule has 0 spiro atoms. The molecule has 0 radical (unpaired) electrons. The molecule has 1 heterocycles. The number of aromatic hydroxyl groups is 1. The SMILES string of the molecule is COC(=O)[C@H](CCNC(=O)C(=O)Nc1cccc(O)c1)NC(=O)c1ccc(Nc2nc(NC3(c4ccc(Cl)cc4)CC3)nc(OCC(F)(F)F)n2)cc1. The van der Waals surface area contributed by atoms with Gasteiger partial charge in [-0.25, -0.2) is 4.79 Å².